The smallest absolute Gasteiger partial charge is 0.281 e. The minimum atomic E-state index is -0.617. The highest BCUT2D eigenvalue weighted by Gasteiger charge is 2.16. The van der Waals surface area contributed by atoms with Gasteiger partial charge in [-0.3, -0.25) is 14.9 Å². The summed E-state index contributed by atoms with van der Waals surface area (Å²) in [5, 5.41) is 10.5. The average molecular weight is 260 g/mol. The van der Waals surface area contributed by atoms with Crippen LogP contribution >= 0.6 is 15.9 Å². The van der Waals surface area contributed by atoms with Crippen molar-refractivity contribution in [2.24, 2.45) is 0 Å². The minimum Gasteiger partial charge on any atom is -0.496 e. The maximum Gasteiger partial charge on any atom is 0.281 e. The second-order valence-electron chi connectivity index (χ2n) is 2.42. The Morgan fingerprint density at radius 2 is 2.21 bits per heavy atom. The first kappa shape index (κ1) is 10.6. The Bertz CT molecular complexity index is 391. The highest BCUT2D eigenvalue weighted by molar-refractivity contribution is 9.10. The van der Waals surface area contributed by atoms with Crippen LogP contribution in [0, 0.1) is 10.1 Å². The van der Waals surface area contributed by atoms with Gasteiger partial charge in [0.25, 0.3) is 5.69 Å². The predicted molar refractivity (Wildman–Crippen MR) is 52.7 cm³/mol. The van der Waals surface area contributed by atoms with Gasteiger partial charge in [-0.25, -0.2) is 0 Å². The maximum absolute atomic E-state index is 10.5. The molecular formula is C8H6BrNO4. The average Bonchev–Trinajstić information content (AvgIpc) is 2.17. The number of nitro groups is 1. The van der Waals surface area contributed by atoms with Gasteiger partial charge in [-0.2, -0.15) is 0 Å². The molecule has 0 spiro atoms. The number of rotatable bonds is 3. The van der Waals surface area contributed by atoms with E-state index in [9.17, 15) is 14.9 Å². The molecule has 74 valence electrons. The van der Waals surface area contributed by atoms with Crippen LogP contribution in [0.3, 0.4) is 0 Å². The number of carbonyl (C=O) groups excluding carboxylic acids is 1. The van der Waals surface area contributed by atoms with Crippen LogP contribution in [0.1, 0.15) is 10.4 Å². The van der Waals surface area contributed by atoms with Crippen LogP contribution in [-0.4, -0.2) is 18.3 Å². The standard InChI is InChI=1S/C8H6BrNO4/c1-14-8-2-5(4-11)7(10(12)13)3-6(8)9/h2-4H,1H3. The zero-order chi connectivity index (χ0) is 10.7. The summed E-state index contributed by atoms with van der Waals surface area (Å²) < 4.78 is 5.34. The van der Waals surface area contributed by atoms with Crippen molar-refractivity contribution in [1.82, 2.24) is 0 Å². The topological polar surface area (TPSA) is 69.4 Å². The number of aldehydes is 1. The molecule has 1 aromatic rings. The fraction of sp³-hybridized carbons (Fsp3) is 0.125. The van der Waals surface area contributed by atoms with Gasteiger partial charge < -0.3 is 4.74 Å². The number of hydrogen-bond acceptors (Lipinski definition) is 4. The van der Waals surface area contributed by atoms with E-state index < -0.39 is 4.92 Å². The van der Waals surface area contributed by atoms with Gasteiger partial charge in [0, 0.05) is 6.07 Å². The Kier molecular flexibility index (Phi) is 3.19. The Balaban J connectivity index is 3.38. The number of benzene rings is 1. The molecule has 0 aromatic heterocycles. The fourth-order valence-corrected chi connectivity index (χ4v) is 1.46. The molecule has 6 heteroatoms. The van der Waals surface area contributed by atoms with Gasteiger partial charge in [0.2, 0.25) is 0 Å². The SMILES string of the molecule is COc1cc(C=O)c([N+](=O)[O-])cc1Br. The number of nitro benzene ring substituents is 1. The van der Waals surface area contributed by atoms with Crippen LogP contribution in [0.5, 0.6) is 5.75 Å². The molecule has 5 nitrogen and oxygen atoms in total. The number of halogens is 1. The number of hydrogen-bond donors (Lipinski definition) is 0. The normalized spacial score (nSPS) is 9.57. The van der Waals surface area contributed by atoms with Crippen molar-refractivity contribution in [3.05, 3.63) is 32.3 Å². The van der Waals surface area contributed by atoms with E-state index in [4.69, 9.17) is 4.74 Å². The second-order valence-corrected chi connectivity index (χ2v) is 3.27. The molecule has 0 N–H and O–H groups in total. The Morgan fingerprint density at radius 3 is 2.64 bits per heavy atom. The molecule has 0 amide bonds. The lowest BCUT2D eigenvalue weighted by atomic mass is 10.2. The van der Waals surface area contributed by atoms with Gasteiger partial charge in [0.1, 0.15) is 5.75 Å². The molecule has 1 rings (SSSR count). The van der Waals surface area contributed by atoms with E-state index in [0.717, 1.165) is 0 Å². The van der Waals surface area contributed by atoms with Crippen molar-refractivity contribution in [3.8, 4) is 5.75 Å². The third-order valence-electron chi connectivity index (χ3n) is 1.62. The first-order chi connectivity index (χ1) is 6.60. The Morgan fingerprint density at radius 1 is 1.57 bits per heavy atom. The number of nitrogens with zero attached hydrogens (tertiary/aromatic N) is 1. The number of carbonyl (C=O) groups is 1. The molecule has 0 radical (unpaired) electrons. The number of methoxy groups -OCH3 is 1. The van der Waals surface area contributed by atoms with Crippen molar-refractivity contribution < 1.29 is 14.5 Å². The molecular weight excluding hydrogens is 254 g/mol. The predicted octanol–water partition coefficient (Wildman–Crippen LogP) is 2.18. The van der Waals surface area contributed by atoms with Crippen LogP contribution in [0.4, 0.5) is 5.69 Å². The van der Waals surface area contributed by atoms with Crippen LogP contribution in [0.15, 0.2) is 16.6 Å². The van der Waals surface area contributed by atoms with E-state index in [1.807, 2.05) is 0 Å². The van der Waals surface area contributed by atoms with Crippen molar-refractivity contribution >= 4 is 27.9 Å². The van der Waals surface area contributed by atoms with Crippen molar-refractivity contribution in [2.75, 3.05) is 7.11 Å². The highest BCUT2D eigenvalue weighted by atomic mass is 79.9. The summed E-state index contributed by atoms with van der Waals surface area (Å²) in [4.78, 5) is 20.4. The molecule has 0 aliphatic rings. The monoisotopic (exact) mass is 259 g/mol. The fourth-order valence-electron chi connectivity index (χ4n) is 0.968. The highest BCUT2D eigenvalue weighted by Crippen LogP contribution is 2.31. The lowest BCUT2D eigenvalue weighted by Crippen LogP contribution is -1.96. The zero-order valence-electron chi connectivity index (χ0n) is 7.19. The molecule has 0 atom stereocenters. The van der Waals surface area contributed by atoms with E-state index in [0.29, 0.717) is 16.5 Å². The van der Waals surface area contributed by atoms with Crippen molar-refractivity contribution in [1.29, 1.82) is 0 Å². The summed E-state index contributed by atoms with van der Waals surface area (Å²) >= 11 is 3.09. The van der Waals surface area contributed by atoms with Crippen LogP contribution in [-0.2, 0) is 0 Å². The lowest BCUT2D eigenvalue weighted by molar-refractivity contribution is -0.385. The maximum atomic E-state index is 10.5. The quantitative estimate of drug-likeness (QED) is 0.474. The second kappa shape index (κ2) is 4.19. The molecule has 0 aliphatic heterocycles. The van der Waals surface area contributed by atoms with E-state index in [-0.39, 0.29) is 11.3 Å². The molecule has 1 aromatic carbocycles. The van der Waals surface area contributed by atoms with E-state index in [1.165, 1.54) is 19.2 Å². The summed E-state index contributed by atoms with van der Waals surface area (Å²) in [6.07, 6.45) is 0.424. The van der Waals surface area contributed by atoms with Gasteiger partial charge in [0.15, 0.2) is 6.29 Å². The molecule has 0 saturated carbocycles. The summed E-state index contributed by atoms with van der Waals surface area (Å²) in [6, 6.07) is 2.55. The van der Waals surface area contributed by atoms with E-state index in [1.54, 1.807) is 0 Å². The van der Waals surface area contributed by atoms with E-state index in [2.05, 4.69) is 15.9 Å². The Labute approximate surface area is 88.0 Å². The van der Waals surface area contributed by atoms with E-state index >= 15 is 0 Å². The lowest BCUT2D eigenvalue weighted by Gasteiger charge is -2.03. The summed E-state index contributed by atoms with van der Waals surface area (Å²) in [6.45, 7) is 0. The minimum absolute atomic E-state index is 0.00458. The van der Waals surface area contributed by atoms with Gasteiger partial charge in [-0.05, 0) is 22.0 Å². The molecule has 14 heavy (non-hydrogen) atoms. The largest absolute Gasteiger partial charge is 0.496 e. The van der Waals surface area contributed by atoms with Gasteiger partial charge in [-0.1, -0.05) is 0 Å². The third kappa shape index (κ3) is 1.90. The van der Waals surface area contributed by atoms with Gasteiger partial charge >= 0.3 is 0 Å². The summed E-state index contributed by atoms with van der Waals surface area (Å²) in [7, 11) is 1.42. The van der Waals surface area contributed by atoms with Gasteiger partial charge in [0.05, 0.1) is 22.1 Å². The number of ether oxygens (including phenoxy) is 1. The Hall–Kier alpha value is -1.43. The summed E-state index contributed by atoms with van der Waals surface area (Å²) in [5.74, 6) is 0.387. The van der Waals surface area contributed by atoms with Crippen molar-refractivity contribution in [2.45, 2.75) is 0 Å². The molecule has 0 heterocycles. The molecule has 0 unspecified atom stereocenters. The molecule has 0 aliphatic carbocycles. The first-order valence-electron chi connectivity index (χ1n) is 3.57. The molecule has 0 fully saturated rings. The van der Waals surface area contributed by atoms with Crippen LogP contribution in [0.25, 0.3) is 0 Å². The zero-order valence-corrected chi connectivity index (χ0v) is 8.78. The van der Waals surface area contributed by atoms with Crippen LogP contribution in [0.2, 0.25) is 0 Å². The van der Waals surface area contributed by atoms with Gasteiger partial charge in [-0.15, -0.1) is 0 Å². The van der Waals surface area contributed by atoms with Crippen molar-refractivity contribution in [3.63, 3.8) is 0 Å². The molecule has 0 bridgehead atoms. The van der Waals surface area contributed by atoms with Crippen LogP contribution < -0.4 is 4.74 Å². The third-order valence-corrected chi connectivity index (χ3v) is 2.24. The molecule has 0 saturated heterocycles. The summed E-state index contributed by atoms with van der Waals surface area (Å²) in [5.41, 5.74) is -0.247. The first-order valence-corrected chi connectivity index (χ1v) is 4.36.